The van der Waals surface area contributed by atoms with Gasteiger partial charge in [-0.25, -0.2) is 0 Å². The highest BCUT2D eigenvalue weighted by molar-refractivity contribution is 4.87. The molecule has 0 amide bonds. The van der Waals surface area contributed by atoms with Crippen LogP contribution in [-0.4, -0.2) is 50.8 Å². The van der Waals surface area contributed by atoms with Crippen LogP contribution in [0.2, 0.25) is 0 Å². The maximum atomic E-state index is 5.76. The average Bonchev–Trinajstić information content (AvgIpc) is 2.29. The van der Waals surface area contributed by atoms with Crippen LogP contribution in [-0.2, 0) is 4.74 Å². The fourth-order valence-electron chi connectivity index (χ4n) is 2.57. The summed E-state index contributed by atoms with van der Waals surface area (Å²) >= 11 is 0. The largest absolute Gasteiger partial charge is 0.381 e. The number of rotatable bonds is 7. The van der Waals surface area contributed by atoms with E-state index in [2.05, 4.69) is 45.0 Å². The van der Waals surface area contributed by atoms with E-state index < -0.39 is 0 Å². The zero-order chi connectivity index (χ0) is 13.6. The third-order valence-corrected chi connectivity index (χ3v) is 3.92. The van der Waals surface area contributed by atoms with Crippen molar-refractivity contribution in [2.24, 2.45) is 11.3 Å². The molecule has 1 fully saturated rings. The molecule has 1 N–H and O–H groups in total. The van der Waals surface area contributed by atoms with Gasteiger partial charge in [-0.15, -0.1) is 0 Å². The lowest BCUT2D eigenvalue weighted by molar-refractivity contribution is -0.0266. The molecule has 0 saturated carbocycles. The second kappa shape index (κ2) is 7.46. The van der Waals surface area contributed by atoms with Gasteiger partial charge in [0, 0.05) is 31.2 Å². The van der Waals surface area contributed by atoms with E-state index in [1.54, 1.807) is 0 Å². The van der Waals surface area contributed by atoms with Crippen molar-refractivity contribution < 1.29 is 4.74 Å². The van der Waals surface area contributed by atoms with Crippen molar-refractivity contribution in [3.8, 4) is 0 Å². The van der Waals surface area contributed by atoms with E-state index in [1.807, 2.05) is 0 Å². The van der Waals surface area contributed by atoms with Gasteiger partial charge in [-0.1, -0.05) is 13.8 Å². The lowest BCUT2D eigenvalue weighted by Gasteiger charge is -2.41. The van der Waals surface area contributed by atoms with Gasteiger partial charge in [-0.2, -0.15) is 0 Å². The first-order chi connectivity index (χ1) is 8.45. The van der Waals surface area contributed by atoms with Gasteiger partial charge in [0.25, 0.3) is 0 Å². The number of ether oxygens (including phenoxy) is 1. The van der Waals surface area contributed by atoms with Crippen LogP contribution in [0.4, 0.5) is 0 Å². The fraction of sp³-hybridized carbons (Fsp3) is 1.00. The van der Waals surface area contributed by atoms with Crippen molar-refractivity contribution in [3.05, 3.63) is 0 Å². The lowest BCUT2D eigenvalue weighted by atomic mass is 9.81. The second-order valence-corrected chi connectivity index (χ2v) is 6.69. The molecule has 3 heteroatoms. The lowest BCUT2D eigenvalue weighted by Crippen LogP contribution is -2.49. The molecule has 0 aromatic heterocycles. The SMILES string of the molecule is CC(C)CNCC1(CN(C)C(C)C)CCCOC1. The Kier molecular flexibility index (Phi) is 6.61. The summed E-state index contributed by atoms with van der Waals surface area (Å²) in [4.78, 5) is 2.45. The molecule has 1 atom stereocenters. The highest BCUT2D eigenvalue weighted by atomic mass is 16.5. The summed E-state index contributed by atoms with van der Waals surface area (Å²) in [5.74, 6) is 0.717. The Balaban J connectivity index is 2.51. The van der Waals surface area contributed by atoms with Crippen molar-refractivity contribution in [1.29, 1.82) is 0 Å². The van der Waals surface area contributed by atoms with Gasteiger partial charge in [0.05, 0.1) is 6.61 Å². The van der Waals surface area contributed by atoms with Gasteiger partial charge in [0.1, 0.15) is 0 Å². The van der Waals surface area contributed by atoms with E-state index >= 15 is 0 Å². The average molecular weight is 256 g/mol. The van der Waals surface area contributed by atoms with Gasteiger partial charge in [-0.3, -0.25) is 0 Å². The van der Waals surface area contributed by atoms with E-state index in [0.29, 0.717) is 11.5 Å². The highest BCUT2D eigenvalue weighted by Gasteiger charge is 2.34. The van der Waals surface area contributed by atoms with E-state index in [1.165, 1.54) is 12.8 Å². The van der Waals surface area contributed by atoms with Crippen molar-refractivity contribution in [2.45, 2.75) is 46.6 Å². The topological polar surface area (TPSA) is 24.5 Å². The minimum atomic E-state index is 0.312. The molecule has 18 heavy (non-hydrogen) atoms. The van der Waals surface area contributed by atoms with Gasteiger partial charge >= 0.3 is 0 Å². The van der Waals surface area contributed by atoms with Crippen LogP contribution in [0.3, 0.4) is 0 Å². The van der Waals surface area contributed by atoms with Gasteiger partial charge < -0.3 is 15.0 Å². The van der Waals surface area contributed by atoms with Crippen molar-refractivity contribution in [3.63, 3.8) is 0 Å². The smallest absolute Gasteiger partial charge is 0.0546 e. The van der Waals surface area contributed by atoms with Gasteiger partial charge in [0.15, 0.2) is 0 Å². The zero-order valence-corrected chi connectivity index (χ0v) is 13.0. The minimum absolute atomic E-state index is 0.312. The molecule has 108 valence electrons. The molecule has 1 heterocycles. The fourth-order valence-corrected chi connectivity index (χ4v) is 2.57. The summed E-state index contributed by atoms with van der Waals surface area (Å²) in [5.41, 5.74) is 0.312. The monoisotopic (exact) mass is 256 g/mol. The molecular formula is C15H32N2O. The van der Waals surface area contributed by atoms with Crippen molar-refractivity contribution in [1.82, 2.24) is 10.2 Å². The molecule has 1 saturated heterocycles. The third-order valence-electron chi connectivity index (χ3n) is 3.92. The second-order valence-electron chi connectivity index (χ2n) is 6.69. The van der Waals surface area contributed by atoms with E-state index in [-0.39, 0.29) is 0 Å². The Morgan fingerprint density at radius 3 is 2.50 bits per heavy atom. The molecular weight excluding hydrogens is 224 g/mol. The molecule has 0 aromatic rings. The van der Waals surface area contributed by atoms with Gasteiger partial charge in [-0.05, 0) is 46.2 Å². The van der Waals surface area contributed by atoms with Crippen LogP contribution in [0.5, 0.6) is 0 Å². The maximum absolute atomic E-state index is 5.76. The van der Waals surface area contributed by atoms with E-state index in [0.717, 1.165) is 38.8 Å². The standard InChI is InChI=1S/C15H32N2O/c1-13(2)9-16-10-15(7-6-8-18-12-15)11-17(5)14(3)4/h13-14,16H,6-12H2,1-5H3. The Hall–Kier alpha value is -0.120. The van der Waals surface area contributed by atoms with Crippen LogP contribution in [0.1, 0.15) is 40.5 Å². The third kappa shape index (κ3) is 5.25. The summed E-state index contributed by atoms with van der Waals surface area (Å²) < 4.78 is 5.76. The first-order valence-corrected chi connectivity index (χ1v) is 7.44. The summed E-state index contributed by atoms with van der Waals surface area (Å²) in [7, 11) is 2.23. The summed E-state index contributed by atoms with van der Waals surface area (Å²) in [5, 5.41) is 3.63. The Morgan fingerprint density at radius 2 is 2.00 bits per heavy atom. The Bertz CT molecular complexity index is 223. The Morgan fingerprint density at radius 1 is 1.28 bits per heavy atom. The molecule has 1 aliphatic rings. The minimum Gasteiger partial charge on any atom is -0.381 e. The normalized spacial score (nSPS) is 25.3. The molecule has 0 bridgehead atoms. The maximum Gasteiger partial charge on any atom is 0.0546 e. The quantitative estimate of drug-likeness (QED) is 0.757. The molecule has 1 unspecified atom stereocenters. The summed E-state index contributed by atoms with van der Waals surface area (Å²) in [6.45, 7) is 14.2. The van der Waals surface area contributed by atoms with Crippen molar-refractivity contribution in [2.75, 3.05) is 39.9 Å². The molecule has 0 aromatic carbocycles. The first kappa shape index (κ1) is 15.9. The molecule has 1 rings (SSSR count). The van der Waals surface area contributed by atoms with E-state index in [9.17, 15) is 0 Å². The van der Waals surface area contributed by atoms with Crippen molar-refractivity contribution >= 4 is 0 Å². The number of nitrogens with zero attached hydrogens (tertiary/aromatic N) is 1. The zero-order valence-electron chi connectivity index (χ0n) is 13.0. The first-order valence-electron chi connectivity index (χ1n) is 7.44. The Labute approximate surface area is 113 Å². The van der Waals surface area contributed by atoms with Crippen LogP contribution in [0.15, 0.2) is 0 Å². The van der Waals surface area contributed by atoms with Crippen LogP contribution >= 0.6 is 0 Å². The molecule has 0 spiro atoms. The molecule has 0 aliphatic carbocycles. The summed E-state index contributed by atoms with van der Waals surface area (Å²) in [6, 6.07) is 0.605. The number of nitrogens with one attached hydrogen (secondary N) is 1. The predicted octanol–water partition coefficient (Wildman–Crippen LogP) is 2.37. The molecule has 1 aliphatic heterocycles. The number of hydrogen-bond donors (Lipinski definition) is 1. The highest BCUT2D eigenvalue weighted by Crippen LogP contribution is 2.29. The molecule has 0 radical (unpaired) electrons. The van der Waals surface area contributed by atoms with Crippen LogP contribution < -0.4 is 5.32 Å². The summed E-state index contributed by atoms with van der Waals surface area (Å²) in [6.07, 6.45) is 2.49. The molecule has 3 nitrogen and oxygen atoms in total. The van der Waals surface area contributed by atoms with Gasteiger partial charge in [0.2, 0.25) is 0 Å². The predicted molar refractivity (Wildman–Crippen MR) is 78.0 cm³/mol. The van der Waals surface area contributed by atoms with E-state index in [4.69, 9.17) is 4.74 Å². The van der Waals surface area contributed by atoms with Crippen LogP contribution in [0, 0.1) is 11.3 Å². The number of hydrogen-bond acceptors (Lipinski definition) is 3. The van der Waals surface area contributed by atoms with Crippen LogP contribution in [0.25, 0.3) is 0 Å².